The van der Waals surface area contributed by atoms with Crippen LogP contribution >= 0.6 is 0 Å². The molecule has 1 aliphatic carbocycles. The number of carbonyl (C=O) groups excluding carboxylic acids is 1. The van der Waals surface area contributed by atoms with E-state index in [0.717, 1.165) is 50.5 Å². The number of carbonyl (C=O) groups is 1. The van der Waals surface area contributed by atoms with Crippen molar-refractivity contribution in [2.24, 2.45) is 0 Å². The fraction of sp³-hybridized carbons (Fsp3) is 0.600. The Morgan fingerprint density at radius 1 is 1.23 bits per heavy atom. The van der Waals surface area contributed by atoms with Crippen LogP contribution in [0, 0.1) is 6.92 Å². The molecule has 0 radical (unpaired) electrons. The number of pyridine rings is 1. The van der Waals surface area contributed by atoms with Gasteiger partial charge in [-0.15, -0.1) is 0 Å². The fourth-order valence-electron chi connectivity index (χ4n) is 4.45. The van der Waals surface area contributed by atoms with Gasteiger partial charge in [0.1, 0.15) is 11.3 Å². The van der Waals surface area contributed by atoms with E-state index >= 15 is 0 Å². The van der Waals surface area contributed by atoms with Crippen LogP contribution < -0.4 is 5.32 Å². The lowest BCUT2D eigenvalue weighted by Crippen LogP contribution is -2.59. The minimum Gasteiger partial charge on any atom is -0.379 e. The first-order valence-electron chi connectivity index (χ1n) is 9.74. The third-order valence-corrected chi connectivity index (χ3v) is 5.97. The highest BCUT2D eigenvalue weighted by Crippen LogP contribution is 2.33. The van der Waals surface area contributed by atoms with Gasteiger partial charge in [-0.25, -0.2) is 4.98 Å². The van der Waals surface area contributed by atoms with Crippen molar-refractivity contribution >= 4 is 11.6 Å². The van der Waals surface area contributed by atoms with Crippen molar-refractivity contribution in [2.45, 2.75) is 44.6 Å². The minimum absolute atomic E-state index is 0.0762. The molecule has 1 saturated heterocycles. The second-order valence-electron chi connectivity index (χ2n) is 7.59. The Morgan fingerprint density at radius 2 is 2.00 bits per heavy atom. The van der Waals surface area contributed by atoms with Crippen LogP contribution in [0.5, 0.6) is 0 Å². The zero-order valence-electron chi connectivity index (χ0n) is 15.5. The smallest absolute Gasteiger partial charge is 0.271 e. The molecule has 0 atom stereocenters. The summed E-state index contributed by atoms with van der Waals surface area (Å²) in [5, 5.41) is 3.19. The molecule has 2 aromatic heterocycles. The number of morpholine rings is 1. The Morgan fingerprint density at radius 3 is 2.73 bits per heavy atom. The maximum atomic E-state index is 12.8. The van der Waals surface area contributed by atoms with Gasteiger partial charge in [-0.2, -0.15) is 0 Å². The van der Waals surface area contributed by atoms with Gasteiger partial charge in [-0.05, 0) is 31.9 Å². The van der Waals surface area contributed by atoms with Gasteiger partial charge in [-0.1, -0.05) is 25.3 Å². The van der Waals surface area contributed by atoms with Gasteiger partial charge in [0.25, 0.3) is 5.91 Å². The van der Waals surface area contributed by atoms with Crippen LogP contribution in [-0.4, -0.2) is 58.6 Å². The van der Waals surface area contributed by atoms with E-state index in [0.29, 0.717) is 12.2 Å². The Balaban J connectivity index is 1.49. The number of aromatic nitrogens is 2. The number of fused-ring (bicyclic) bond motifs is 1. The molecular formula is C20H28N4O2. The van der Waals surface area contributed by atoms with Crippen molar-refractivity contribution in [1.29, 1.82) is 0 Å². The third-order valence-electron chi connectivity index (χ3n) is 5.97. The van der Waals surface area contributed by atoms with Crippen molar-refractivity contribution in [3.8, 4) is 0 Å². The highest BCUT2D eigenvalue weighted by molar-refractivity contribution is 5.92. The van der Waals surface area contributed by atoms with E-state index in [1.165, 1.54) is 19.3 Å². The van der Waals surface area contributed by atoms with Crippen LogP contribution in [0.3, 0.4) is 0 Å². The molecule has 1 aliphatic heterocycles. The number of amides is 1. The Bertz CT molecular complexity index is 773. The van der Waals surface area contributed by atoms with Crippen LogP contribution in [0.4, 0.5) is 0 Å². The molecule has 2 aromatic rings. The summed E-state index contributed by atoms with van der Waals surface area (Å²) in [6.07, 6.45) is 7.91. The maximum absolute atomic E-state index is 12.8. The van der Waals surface area contributed by atoms with Crippen molar-refractivity contribution in [2.75, 3.05) is 32.8 Å². The molecule has 1 N–H and O–H groups in total. The van der Waals surface area contributed by atoms with E-state index < -0.39 is 0 Å². The Hall–Kier alpha value is -1.92. The van der Waals surface area contributed by atoms with Gasteiger partial charge >= 0.3 is 0 Å². The summed E-state index contributed by atoms with van der Waals surface area (Å²) in [5.74, 6) is -0.0775. The summed E-state index contributed by atoms with van der Waals surface area (Å²) in [5.41, 5.74) is 2.46. The lowest BCUT2D eigenvalue weighted by Gasteiger charge is -2.48. The lowest BCUT2D eigenvalue weighted by molar-refractivity contribution is -0.0361. The zero-order chi connectivity index (χ0) is 18.0. The van der Waals surface area contributed by atoms with Crippen LogP contribution in [0.2, 0.25) is 0 Å². The largest absolute Gasteiger partial charge is 0.379 e. The van der Waals surface area contributed by atoms with Crippen molar-refractivity contribution in [1.82, 2.24) is 19.6 Å². The highest BCUT2D eigenvalue weighted by Gasteiger charge is 2.38. The van der Waals surface area contributed by atoms with Crippen LogP contribution in [0.1, 0.15) is 48.3 Å². The second kappa shape index (κ2) is 7.37. The zero-order valence-corrected chi connectivity index (χ0v) is 15.5. The number of hydrogen-bond donors (Lipinski definition) is 1. The van der Waals surface area contributed by atoms with E-state index in [4.69, 9.17) is 4.74 Å². The van der Waals surface area contributed by atoms with E-state index in [9.17, 15) is 4.79 Å². The summed E-state index contributed by atoms with van der Waals surface area (Å²) in [4.78, 5) is 19.8. The van der Waals surface area contributed by atoms with E-state index in [2.05, 4.69) is 15.2 Å². The standard InChI is InChI=1S/C20H28N4O2/c1-16-6-5-7-18-22-17(14-24(16)18)19(25)21-15-20(8-3-2-4-9-20)23-10-12-26-13-11-23/h5-7,14H,2-4,8-13,15H2,1H3,(H,21,25). The average Bonchev–Trinajstić information content (AvgIpc) is 3.13. The average molecular weight is 356 g/mol. The molecule has 0 bridgehead atoms. The predicted octanol–water partition coefficient (Wildman–Crippen LogP) is 2.41. The molecule has 26 heavy (non-hydrogen) atoms. The molecular weight excluding hydrogens is 328 g/mol. The van der Waals surface area contributed by atoms with E-state index in [1.807, 2.05) is 35.7 Å². The molecule has 6 heteroatoms. The molecule has 2 fully saturated rings. The van der Waals surface area contributed by atoms with Gasteiger partial charge < -0.3 is 14.5 Å². The first-order valence-corrected chi connectivity index (χ1v) is 9.74. The number of hydrogen-bond acceptors (Lipinski definition) is 4. The summed E-state index contributed by atoms with van der Waals surface area (Å²) in [7, 11) is 0. The molecule has 1 amide bonds. The third kappa shape index (κ3) is 3.35. The van der Waals surface area contributed by atoms with Crippen molar-refractivity contribution in [3.63, 3.8) is 0 Å². The van der Waals surface area contributed by atoms with E-state index in [1.54, 1.807) is 0 Å². The molecule has 1 saturated carbocycles. The quantitative estimate of drug-likeness (QED) is 0.914. The van der Waals surface area contributed by atoms with Gasteiger partial charge in [0.2, 0.25) is 0 Å². The first kappa shape index (κ1) is 17.5. The van der Waals surface area contributed by atoms with Crippen LogP contribution in [0.25, 0.3) is 5.65 Å². The van der Waals surface area contributed by atoms with E-state index in [-0.39, 0.29) is 11.4 Å². The van der Waals surface area contributed by atoms with Crippen molar-refractivity contribution in [3.05, 3.63) is 35.8 Å². The van der Waals surface area contributed by atoms with Crippen LogP contribution in [0.15, 0.2) is 24.4 Å². The number of imidazole rings is 1. The molecule has 140 valence electrons. The number of nitrogens with zero attached hydrogens (tertiary/aromatic N) is 3. The SMILES string of the molecule is Cc1cccc2nc(C(=O)NCC3(N4CCOCC4)CCCCC3)cn12. The molecule has 0 spiro atoms. The lowest BCUT2D eigenvalue weighted by atomic mass is 9.79. The number of aryl methyl sites for hydroxylation is 1. The summed E-state index contributed by atoms with van der Waals surface area (Å²) < 4.78 is 7.50. The molecule has 6 nitrogen and oxygen atoms in total. The second-order valence-corrected chi connectivity index (χ2v) is 7.59. The number of ether oxygens (including phenoxy) is 1. The Labute approximate surface area is 154 Å². The topological polar surface area (TPSA) is 58.9 Å². The maximum Gasteiger partial charge on any atom is 0.271 e. The normalized spacial score (nSPS) is 21.0. The molecule has 0 unspecified atom stereocenters. The van der Waals surface area contributed by atoms with Gasteiger partial charge in [0.05, 0.1) is 13.2 Å². The summed E-state index contributed by atoms with van der Waals surface area (Å²) in [6.45, 7) is 6.22. The number of rotatable bonds is 4. The molecule has 3 heterocycles. The summed E-state index contributed by atoms with van der Waals surface area (Å²) >= 11 is 0. The first-order chi connectivity index (χ1) is 12.7. The molecule has 0 aromatic carbocycles. The van der Waals surface area contributed by atoms with Crippen LogP contribution in [-0.2, 0) is 4.74 Å². The fourth-order valence-corrected chi connectivity index (χ4v) is 4.45. The Kier molecular flexibility index (Phi) is 4.96. The van der Waals surface area contributed by atoms with Gasteiger partial charge in [0.15, 0.2) is 0 Å². The predicted molar refractivity (Wildman–Crippen MR) is 100 cm³/mol. The minimum atomic E-state index is -0.0775. The summed E-state index contributed by atoms with van der Waals surface area (Å²) in [6, 6.07) is 5.92. The monoisotopic (exact) mass is 356 g/mol. The van der Waals surface area contributed by atoms with Gasteiger partial charge in [-0.3, -0.25) is 9.69 Å². The highest BCUT2D eigenvalue weighted by atomic mass is 16.5. The number of nitrogens with one attached hydrogen (secondary N) is 1. The van der Waals surface area contributed by atoms with Gasteiger partial charge in [0, 0.05) is 37.1 Å². The molecule has 2 aliphatic rings. The molecule has 4 rings (SSSR count). The van der Waals surface area contributed by atoms with Crippen molar-refractivity contribution < 1.29 is 9.53 Å².